The minimum atomic E-state index is -0.465. The summed E-state index contributed by atoms with van der Waals surface area (Å²) in [7, 11) is 1.40. The van der Waals surface area contributed by atoms with Crippen LogP contribution >= 0.6 is 0 Å². The Labute approximate surface area is 103 Å². The van der Waals surface area contributed by atoms with Crippen molar-refractivity contribution in [2.75, 3.05) is 7.11 Å². The lowest BCUT2D eigenvalue weighted by Crippen LogP contribution is -2.22. The molecule has 0 unspecified atom stereocenters. The highest BCUT2D eigenvalue weighted by atomic mass is 19.1. The van der Waals surface area contributed by atoms with Gasteiger partial charge in [-0.3, -0.25) is 9.89 Å². The van der Waals surface area contributed by atoms with Crippen LogP contribution in [0.25, 0.3) is 0 Å². The van der Waals surface area contributed by atoms with Crippen molar-refractivity contribution in [2.24, 2.45) is 0 Å². The van der Waals surface area contributed by atoms with Gasteiger partial charge in [-0.05, 0) is 6.07 Å². The zero-order valence-corrected chi connectivity index (χ0v) is 9.74. The molecule has 0 aliphatic heterocycles. The van der Waals surface area contributed by atoms with Gasteiger partial charge in [-0.15, -0.1) is 0 Å². The van der Waals surface area contributed by atoms with E-state index in [1.165, 1.54) is 25.6 Å². The number of aromatic amines is 1. The molecule has 0 aliphatic carbocycles. The molecule has 2 aromatic rings. The van der Waals surface area contributed by atoms with Gasteiger partial charge in [0.2, 0.25) is 0 Å². The zero-order valence-electron chi connectivity index (χ0n) is 9.74. The first-order valence-corrected chi connectivity index (χ1v) is 5.30. The lowest BCUT2D eigenvalue weighted by Gasteiger charge is -2.08. The number of benzene rings is 1. The van der Waals surface area contributed by atoms with Gasteiger partial charge in [0.25, 0.3) is 5.91 Å². The quantitative estimate of drug-likeness (QED) is 0.862. The highest BCUT2D eigenvalue weighted by Gasteiger charge is 2.10. The molecular weight excluding hydrogens is 237 g/mol. The lowest BCUT2D eigenvalue weighted by atomic mass is 10.2. The molecule has 0 fully saturated rings. The van der Waals surface area contributed by atoms with Gasteiger partial charge < -0.3 is 10.1 Å². The van der Waals surface area contributed by atoms with Crippen LogP contribution in [0.3, 0.4) is 0 Å². The largest absolute Gasteiger partial charge is 0.494 e. The molecule has 0 spiro atoms. The summed E-state index contributed by atoms with van der Waals surface area (Å²) in [5.41, 5.74) is 0.768. The van der Waals surface area contributed by atoms with Gasteiger partial charge in [0.15, 0.2) is 11.6 Å². The van der Waals surface area contributed by atoms with Crippen LogP contribution in [0.2, 0.25) is 0 Å². The van der Waals surface area contributed by atoms with E-state index < -0.39 is 5.82 Å². The summed E-state index contributed by atoms with van der Waals surface area (Å²) >= 11 is 0. The molecule has 5 nitrogen and oxygen atoms in total. The number of nitrogens with one attached hydrogen (secondary N) is 2. The number of carbonyl (C=O) groups excluding carboxylic acids is 1. The Kier molecular flexibility index (Phi) is 3.57. The second-order valence-electron chi connectivity index (χ2n) is 3.60. The Morgan fingerprint density at radius 2 is 2.39 bits per heavy atom. The monoisotopic (exact) mass is 249 g/mol. The Hall–Kier alpha value is -2.37. The topological polar surface area (TPSA) is 67.0 Å². The first-order valence-electron chi connectivity index (χ1n) is 5.30. The fourth-order valence-corrected chi connectivity index (χ4v) is 1.50. The van der Waals surface area contributed by atoms with Crippen LogP contribution in [0, 0.1) is 5.82 Å². The van der Waals surface area contributed by atoms with E-state index in [9.17, 15) is 9.18 Å². The van der Waals surface area contributed by atoms with Crippen LogP contribution < -0.4 is 10.1 Å². The number of hydrogen-bond acceptors (Lipinski definition) is 3. The van der Waals surface area contributed by atoms with Gasteiger partial charge in [0.05, 0.1) is 18.9 Å². The van der Waals surface area contributed by atoms with Crippen LogP contribution in [-0.4, -0.2) is 23.2 Å². The van der Waals surface area contributed by atoms with Gasteiger partial charge in [-0.2, -0.15) is 5.10 Å². The van der Waals surface area contributed by atoms with Gasteiger partial charge in [-0.25, -0.2) is 4.39 Å². The van der Waals surface area contributed by atoms with Crippen LogP contribution in [0.15, 0.2) is 30.6 Å². The zero-order chi connectivity index (χ0) is 13.0. The smallest absolute Gasteiger partial charge is 0.254 e. The van der Waals surface area contributed by atoms with E-state index in [-0.39, 0.29) is 18.2 Å². The van der Waals surface area contributed by atoms with Crippen LogP contribution in [0.5, 0.6) is 5.75 Å². The molecule has 94 valence electrons. The van der Waals surface area contributed by atoms with E-state index in [0.717, 1.165) is 0 Å². The Bertz CT molecular complexity index is 540. The van der Waals surface area contributed by atoms with Crippen LogP contribution in [0.1, 0.15) is 15.9 Å². The maximum atomic E-state index is 13.8. The molecule has 0 saturated heterocycles. The van der Waals surface area contributed by atoms with Crippen molar-refractivity contribution < 1.29 is 13.9 Å². The molecule has 1 aromatic heterocycles. The number of hydrogen-bond donors (Lipinski definition) is 2. The number of methoxy groups -OCH3 is 1. The predicted molar refractivity (Wildman–Crippen MR) is 62.7 cm³/mol. The van der Waals surface area contributed by atoms with Gasteiger partial charge >= 0.3 is 0 Å². The first-order chi connectivity index (χ1) is 8.72. The van der Waals surface area contributed by atoms with Gasteiger partial charge in [-0.1, -0.05) is 12.1 Å². The van der Waals surface area contributed by atoms with Crippen molar-refractivity contribution in [3.63, 3.8) is 0 Å². The summed E-state index contributed by atoms with van der Waals surface area (Å²) in [6.45, 7) is 0.0903. The Morgan fingerprint density at radius 3 is 3.06 bits per heavy atom. The second-order valence-corrected chi connectivity index (χ2v) is 3.60. The number of nitrogens with zero attached hydrogens (tertiary/aromatic N) is 1. The summed E-state index contributed by atoms with van der Waals surface area (Å²) in [4.78, 5) is 11.6. The second kappa shape index (κ2) is 5.31. The standard InChI is InChI=1S/C12H12FN3O2/c1-18-10-4-2-3-8(11(10)13)5-14-12(17)9-6-15-16-7-9/h2-4,6-7H,5H2,1H3,(H,14,17)(H,15,16). The maximum absolute atomic E-state index is 13.8. The van der Waals surface area contributed by atoms with E-state index in [2.05, 4.69) is 15.5 Å². The molecule has 1 amide bonds. The van der Waals surface area contributed by atoms with Crippen molar-refractivity contribution in [2.45, 2.75) is 6.54 Å². The predicted octanol–water partition coefficient (Wildman–Crippen LogP) is 1.49. The molecule has 0 saturated carbocycles. The molecule has 2 N–H and O–H groups in total. The molecule has 6 heteroatoms. The Balaban J connectivity index is 2.05. The minimum Gasteiger partial charge on any atom is -0.494 e. The molecule has 1 heterocycles. The number of H-pyrrole nitrogens is 1. The average Bonchev–Trinajstić information content (AvgIpc) is 2.91. The Morgan fingerprint density at radius 1 is 1.56 bits per heavy atom. The summed E-state index contributed by atoms with van der Waals surface area (Å²) < 4.78 is 18.6. The normalized spacial score (nSPS) is 10.1. The lowest BCUT2D eigenvalue weighted by molar-refractivity contribution is 0.0950. The molecule has 2 rings (SSSR count). The third kappa shape index (κ3) is 2.48. The summed E-state index contributed by atoms with van der Waals surface area (Å²) in [5.74, 6) is -0.622. The average molecular weight is 249 g/mol. The summed E-state index contributed by atoms with van der Waals surface area (Å²) in [6, 6.07) is 4.78. The molecular formula is C12H12FN3O2. The third-order valence-corrected chi connectivity index (χ3v) is 2.46. The molecule has 0 radical (unpaired) electrons. The van der Waals surface area contributed by atoms with E-state index >= 15 is 0 Å². The fourth-order valence-electron chi connectivity index (χ4n) is 1.50. The minimum absolute atomic E-state index is 0.0903. The van der Waals surface area contributed by atoms with E-state index in [0.29, 0.717) is 11.1 Å². The van der Waals surface area contributed by atoms with E-state index in [4.69, 9.17) is 4.74 Å². The van der Waals surface area contributed by atoms with Gasteiger partial charge in [0.1, 0.15) is 0 Å². The maximum Gasteiger partial charge on any atom is 0.254 e. The SMILES string of the molecule is COc1cccc(CNC(=O)c2cn[nH]c2)c1F. The highest BCUT2D eigenvalue weighted by Crippen LogP contribution is 2.19. The van der Waals surface area contributed by atoms with Crippen molar-refractivity contribution >= 4 is 5.91 Å². The summed E-state index contributed by atoms with van der Waals surface area (Å²) in [6.07, 6.45) is 2.87. The molecule has 18 heavy (non-hydrogen) atoms. The molecule has 0 atom stereocenters. The van der Waals surface area contributed by atoms with E-state index in [1.54, 1.807) is 12.1 Å². The molecule has 0 aliphatic rings. The fraction of sp³-hybridized carbons (Fsp3) is 0.167. The summed E-state index contributed by atoms with van der Waals surface area (Å²) in [5, 5.41) is 8.80. The molecule has 1 aromatic carbocycles. The third-order valence-electron chi connectivity index (χ3n) is 2.46. The van der Waals surface area contributed by atoms with Crippen LogP contribution in [0.4, 0.5) is 4.39 Å². The first kappa shape index (κ1) is 12.1. The van der Waals surface area contributed by atoms with Crippen molar-refractivity contribution in [3.8, 4) is 5.75 Å². The van der Waals surface area contributed by atoms with Crippen molar-refractivity contribution in [1.29, 1.82) is 0 Å². The molecule has 0 bridgehead atoms. The number of aromatic nitrogens is 2. The van der Waals surface area contributed by atoms with E-state index in [1.807, 2.05) is 0 Å². The number of amides is 1. The highest BCUT2D eigenvalue weighted by molar-refractivity contribution is 5.93. The number of halogens is 1. The van der Waals surface area contributed by atoms with Crippen molar-refractivity contribution in [3.05, 3.63) is 47.5 Å². The van der Waals surface area contributed by atoms with Crippen molar-refractivity contribution in [1.82, 2.24) is 15.5 Å². The van der Waals surface area contributed by atoms with Crippen LogP contribution in [-0.2, 0) is 6.54 Å². The number of ether oxygens (including phenoxy) is 1. The van der Waals surface area contributed by atoms with Gasteiger partial charge in [0, 0.05) is 18.3 Å². The number of rotatable bonds is 4. The number of carbonyl (C=O) groups is 1.